The number of ether oxygens (including phenoxy) is 1. The van der Waals surface area contributed by atoms with Gasteiger partial charge in [0.25, 0.3) is 0 Å². The topological polar surface area (TPSA) is 89.0 Å². The zero-order valence-electron chi connectivity index (χ0n) is 18.1. The largest absolute Gasteiger partial charge is 0.489 e. The van der Waals surface area contributed by atoms with Gasteiger partial charge in [0.2, 0.25) is 0 Å². The maximum Gasteiger partial charge on any atom is 0.322 e. The smallest absolute Gasteiger partial charge is 0.322 e. The number of piperidine rings is 1. The molecule has 35 heavy (non-hydrogen) atoms. The van der Waals surface area contributed by atoms with Crippen molar-refractivity contribution in [2.75, 3.05) is 17.6 Å². The van der Waals surface area contributed by atoms with Gasteiger partial charge in [-0.25, -0.2) is 13.8 Å². The molecule has 0 amide bonds. The summed E-state index contributed by atoms with van der Waals surface area (Å²) in [6.07, 6.45) is 0.833. The Kier molecular flexibility index (Phi) is 7.85. The van der Waals surface area contributed by atoms with Crippen molar-refractivity contribution < 1.29 is 31.6 Å². The predicted molar refractivity (Wildman–Crippen MR) is 126 cm³/mol. The lowest BCUT2D eigenvalue weighted by atomic mass is 10.1. The second kappa shape index (κ2) is 10.9. The summed E-state index contributed by atoms with van der Waals surface area (Å²) < 4.78 is 61.6. The number of rotatable bonds is 9. The van der Waals surface area contributed by atoms with Crippen molar-refractivity contribution in [3.05, 3.63) is 69.5 Å². The molecule has 1 saturated heterocycles. The summed E-state index contributed by atoms with van der Waals surface area (Å²) in [5.41, 5.74) is 2.44. The van der Waals surface area contributed by atoms with E-state index in [1.54, 1.807) is 0 Å². The molecule has 186 valence electrons. The van der Waals surface area contributed by atoms with Crippen LogP contribution in [0.4, 0.5) is 14.6 Å². The maximum atomic E-state index is 15.1. The fraction of sp³-hybridized carbons (Fsp3) is 0.273. The number of hydrogen-bond donors (Lipinski definition) is 0. The SMILES string of the molecule is O=CON(c1cscn1)S(=O)(=O)c1c(F)cc(OC2CCN(Cc3ccccc3)CC2)c(Cl)c1F. The van der Waals surface area contributed by atoms with Crippen molar-refractivity contribution in [2.45, 2.75) is 30.4 Å². The molecule has 13 heteroatoms. The molecular formula is C22H20ClF2N3O5S2. The van der Waals surface area contributed by atoms with Gasteiger partial charge in [-0.05, 0) is 18.4 Å². The molecule has 0 bridgehead atoms. The van der Waals surface area contributed by atoms with Crippen molar-refractivity contribution in [1.29, 1.82) is 0 Å². The number of sulfonamides is 1. The van der Waals surface area contributed by atoms with Crippen LogP contribution < -0.4 is 9.21 Å². The van der Waals surface area contributed by atoms with E-state index in [1.807, 2.05) is 30.3 Å². The molecule has 1 aliphatic rings. The Hall–Kier alpha value is -2.80. The minimum absolute atomic E-state index is 0.0251. The average molecular weight is 544 g/mol. The van der Waals surface area contributed by atoms with Crippen LogP contribution in [0.25, 0.3) is 0 Å². The Morgan fingerprint density at radius 3 is 2.57 bits per heavy atom. The van der Waals surface area contributed by atoms with Gasteiger partial charge in [-0.1, -0.05) is 46.4 Å². The Morgan fingerprint density at radius 1 is 1.23 bits per heavy atom. The first kappa shape index (κ1) is 25.3. The first-order valence-corrected chi connectivity index (χ1v) is 13.2. The molecule has 0 N–H and O–H groups in total. The van der Waals surface area contributed by atoms with E-state index in [0.717, 1.165) is 23.9 Å². The quantitative estimate of drug-likeness (QED) is 0.224. The molecule has 4 rings (SSSR count). The molecule has 0 spiro atoms. The predicted octanol–water partition coefficient (Wildman–Crippen LogP) is 4.40. The number of nitrogens with zero attached hydrogens (tertiary/aromatic N) is 3. The highest BCUT2D eigenvalue weighted by molar-refractivity contribution is 7.92. The molecule has 8 nitrogen and oxygen atoms in total. The molecule has 0 radical (unpaired) electrons. The minimum atomic E-state index is -5.03. The Morgan fingerprint density at radius 2 is 1.94 bits per heavy atom. The first-order valence-electron chi connectivity index (χ1n) is 10.5. The zero-order chi connectivity index (χ0) is 25.0. The van der Waals surface area contributed by atoms with E-state index in [4.69, 9.17) is 16.3 Å². The van der Waals surface area contributed by atoms with Crippen molar-refractivity contribution in [1.82, 2.24) is 9.88 Å². The Labute approximate surface area is 209 Å². The third-order valence-corrected chi connectivity index (χ3v) is 7.91. The van der Waals surface area contributed by atoms with Crippen LogP contribution in [-0.4, -0.2) is 44.0 Å². The summed E-state index contributed by atoms with van der Waals surface area (Å²) in [5.74, 6) is -3.66. The van der Waals surface area contributed by atoms with E-state index in [1.165, 1.54) is 16.5 Å². The number of carbonyl (C=O) groups is 1. The normalized spacial score (nSPS) is 15.1. The van der Waals surface area contributed by atoms with Crippen LogP contribution in [0.2, 0.25) is 5.02 Å². The fourth-order valence-electron chi connectivity index (χ4n) is 3.74. The van der Waals surface area contributed by atoms with E-state index in [-0.39, 0.29) is 28.6 Å². The average Bonchev–Trinajstić information content (AvgIpc) is 3.37. The maximum absolute atomic E-state index is 15.1. The van der Waals surface area contributed by atoms with Gasteiger partial charge in [0, 0.05) is 31.1 Å². The third-order valence-electron chi connectivity index (χ3n) is 5.38. The van der Waals surface area contributed by atoms with Crippen molar-refractivity contribution in [2.24, 2.45) is 0 Å². The summed E-state index contributed by atoms with van der Waals surface area (Å²) in [6, 6.07) is 10.7. The summed E-state index contributed by atoms with van der Waals surface area (Å²) in [5, 5.41) is 0.529. The molecule has 1 aliphatic heterocycles. The Bertz CT molecular complexity index is 1270. The van der Waals surface area contributed by atoms with Crippen molar-refractivity contribution >= 4 is 45.3 Å². The van der Waals surface area contributed by atoms with Gasteiger partial charge in [-0.2, -0.15) is 8.42 Å². The van der Waals surface area contributed by atoms with Crippen LogP contribution in [0.5, 0.6) is 5.75 Å². The molecule has 1 aromatic heterocycles. The van der Waals surface area contributed by atoms with Crippen molar-refractivity contribution in [3.8, 4) is 5.75 Å². The number of benzene rings is 2. The van der Waals surface area contributed by atoms with Crippen LogP contribution in [0.1, 0.15) is 18.4 Å². The number of carbonyl (C=O) groups excluding carboxylic acids is 1. The second-order valence-electron chi connectivity index (χ2n) is 7.67. The molecule has 3 aromatic rings. The van der Waals surface area contributed by atoms with E-state index < -0.39 is 31.6 Å². The van der Waals surface area contributed by atoms with Gasteiger partial charge in [0.1, 0.15) is 16.9 Å². The summed E-state index contributed by atoms with van der Waals surface area (Å²) in [7, 11) is -5.03. The summed E-state index contributed by atoms with van der Waals surface area (Å²) >= 11 is 7.04. The highest BCUT2D eigenvalue weighted by atomic mass is 35.5. The van der Waals surface area contributed by atoms with Gasteiger partial charge in [0.05, 0.1) is 5.51 Å². The van der Waals surface area contributed by atoms with Gasteiger partial charge >= 0.3 is 16.5 Å². The third kappa shape index (κ3) is 5.56. The van der Waals surface area contributed by atoms with Crippen LogP contribution in [0, 0.1) is 11.6 Å². The monoisotopic (exact) mass is 543 g/mol. The molecule has 0 unspecified atom stereocenters. The fourth-order valence-corrected chi connectivity index (χ4v) is 5.86. The number of hydrogen-bond acceptors (Lipinski definition) is 8. The highest BCUT2D eigenvalue weighted by Gasteiger charge is 2.37. The summed E-state index contributed by atoms with van der Waals surface area (Å²) in [4.78, 5) is 19.9. The van der Waals surface area contributed by atoms with Crippen LogP contribution in [0.3, 0.4) is 0 Å². The lowest BCUT2D eigenvalue weighted by molar-refractivity contribution is -0.128. The lowest BCUT2D eigenvalue weighted by Crippen LogP contribution is -2.38. The van der Waals surface area contributed by atoms with Crippen molar-refractivity contribution in [3.63, 3.8) is 0 Å². The number of halogens is 3. The number of likely N-dealkylation sites (tertiary alicyclic amines) is 1. The van der Waals surface area contributed by atoms with Gasteiger partial charge in [-0.15, -0.1) is 11.3 Å². The van der Waals surface area contributed by atoms with Gasteiger partial charge in [-0.3, -0.25) is 9.69 Å². The van der Waals surface area contributed by atoms with Gasteiger partial charge in [0.15, 0.2) is 22.3 Å². The zero-order valence-corrected chi connectivity index (χ0v) is 20.5. The minimum Gasteiger partial charge on any atom is -0.489 e. The molecule has 2 aromatic carbocycles. The number of aromatic nitrogens is 1. The molecular weight excluding hydrogens is 524 g/mol. The van der Waals surface area contributed by atoms with E-state index >= 15 is 4.39 Å². The molecule has 2 heterocycles. The summed E-state index contributed by atoms with van der Waals surface area (Å²) in [6.45, 7) is 2.00. The van der Waals surface area contributed by atoms with Crippen LogP contribution >= 0.6 is 22.9 Å². The molecule has 0 atom stereocenters. The number of anilines is 1. The lowest BCUT2D eigenvalue weighted by Gasteiger charge is -2.32. The number of thiazole rings is 1. The Balaban J connectivity index is 1.50. The molecule has 1 fully saturated rings. The van der Waals surface area contributed by atoms with Gasteiger partial charge < -0.3 is 9.57 Å². The van der Waals surface area contributed by atoms with Crippen LogP contribution in [0.15, 0.2) is 52.2 Å². The molecule has 0 aliphatic carbocycles. The standard InChI is InChI=1S/C22H20ClF2N3O5S2/c23-20-18(33-16-6-8-27(9-7-16)11-15-4-2-1-3-5-15)10-17(24)22(21(20)25)35(30,31)28(32-14-29)19-12-34-13-26-19/h1-5,10,12-14,16H,6-9,11H2. The first-order chi connectivity index (χ1) is 16.8. The van der Waals surface area contributed by atoms with E-state index in [9.17, 15) is 17.6 Å². The van der Waals surface area contributed by atoms with E-state index in [0.29, 0.717) is 25.9 Å². The highest BCUT2D eigenvalue weighted by Crippen LogP contribution is 2.37. The second-order valence-corrected chi connectivity index (χ2v) is 10.5. The molecule has 0 saturated carbocycles. The van der Waals surface area contributed by atoms with Crippen LogP contribution in [-0.2, 0) is 26.2 Å². The van der Waals surface area contributed by atoms with E-state index in [2.05, 4.69) is 14.7 Å².